The first kappa shape index (κ1) is 19.6. The van der Waals surface area contributed by atoms with Crippen LogP contribution >= 0.6 is 11.3 Å². The lowest BCUT2D eigenvalue weighted by Crippen LogP contribution is -2.35. The largest absolute Gasteiger partial charge is 0.484 e. The van der Waals surface area contributed by atoms with Crippen LogP contribution in [-0.4, -0.2) is 48.7 Å². The third-order valence-corrected chi connectivity index (χ3v) is 5.53. The summed E-state index contributed by atoms with van der Waals surface area (Å²) in [5.41, 5.74) is 1.97. The molecule has 6 nitrogen and oxygen atoms in total. The quantitative estimate of drug-likeness (QED) is 0.645. The highest BCUT2D eigenvalue weighted by Crippen LogP contribution is 2.32. The number of amides is 1. The number of ether oxygens (including phenoxy) is 2. The molecule has 1 amide bonds. The smallest absolute Gasteiger partial charge is 0.264 e. The van der Waals surface area contributed by atoms with Crippen LogP contribution in [0.5, 0.6) is 5.75 Å². The van der Waals surface area contributed by atoms with E-state index >= 15 is 0 Å². The van der Waals surface area contributed by atoms with Gasteiger partial charge in [-0.1, -0.05) is 59.9 Å². The minimum absolute atomic E-state index is 0.0525. The number of carbonyl (C=O) groups excluding carboxylic acids is 1. The SMILES string of the molecule is O=C(COc1ccccc1)Nc1nc(-c2ccccc2)c(CN2CCOCC2)s1. The molecule has 2 heterocycles. The fraction of sp³-hybridized carbons (Fsp3) is 0.273. The van der Waals surface area contributed by atoms with Crippen molar-refractivity contribution < 1.29 is 14.3 Å². The zero-order chi connectivity index (χ0) is 19.9. The molecule has 0 atom stereocenters. The van der Waals surface area contributed by atoms with Gasteiger partial charge in [0.15, 0.2) is 11.7 Å². The van der Waals surface area contributed by atoms with Gasteiger partial charge in [0.25, 0.3) is 5.91 Å². The third-order valence-electron chi connectivity index (χ3n) is 4.57. The first-order valence-electron chi connectivity index (χ1n) is 9.61. The lowest BCUT2D eigenvalue weighted by Gasteiger charge is -2.26. The van der Waals surface area contributed by atoms with E-state index in [2.05, 4.69) is 10.2 Å². The maximum absolute atomic E-state index is 12.3. The Kier molecular flexibility index (Phi) is 6.51. The predicted octanol–water partition coefficient (Wildman–Crippen LogP) is 3.66. The second-order valence-corrected chi connectivity index (χ2v) is 7.78. The summed E-state index contributed by atoms with van der Waals surface area (Å²) in [6.07, 6.45) is 0. The van der Waals surface area contributed by atoms with Crippen molar-refractivity contribution in [1.82, 2.24) is 9.88 Å². The van der Waals surface area contributed by atoms with Gasteiger partial charge >= 0.3 is 0 Å². The lowest BCUT2D eigenvalue weighted by atomic mass is 10.1. The number of nitrogens with zero attached hydrogens (tertiary/aromatic N) is 2. The van der Waals surface area contributed by atoms with E-state index in [1.54, 1.807) is 0 Å². The number of rotatable bonds is 7. The summed E-state index contributed by atoms with van der Waals surface area (Å²) >= 11 is 1.52. The molecule has 7 heteroatoms. The number of hydrogen-bond donors (Lipinski definition) is 1. The second-order valence-electron chi connectivity index (χ2n) is 6.70. The highest BCUT2D eigenvalue weighted by atomic mass is 32.1. The van der Waals surface area contributed by atoms with Crippen LogP contribution < -0.4 is 10.1 Å². The summed E-state index contributed by atoms with van der Waals surface area (Å²) < 4.78 is 11.0. The minimum atomic E-state index is -0.222. The topological polar surface area (TPSA) is 63.7 Å². The van der Waals surface area contributed by atoms with Crippen molar-refractivity contribution in [1.29, 1.82) is 0 Å². The van der Waals surface area contributed by atoms with E-state index in [0.717, 1.165) is 49.0 Å². The molecule has 1 saturated heterocycles. The molecule has 0 spiro atoms. The van der Waals surface area contributed by atoms with Crippen LogP contribution in [0.1, 0.15) is 4.88 Å². The third kappa shape index (κ3) is 5.41. The number of para-hydroxylation sites is 1. The number of benzene rings is 2. The first-order chi connectivity index (χ1) is 14.3. The van der Waals surface area contributed by atoms with Gasteiger partial charge in [-0.05, 0) is 12.1 Å². The van der Waals surface area contributed by atoms with Crippen molar-refractivity contribution in [2.75, 3.05) is 38.2 Å². The van der Waals surface area contributed by atoms with Crippen LogP contribution in [0.4, 0.5) is 5.13 Å². The zero-order valence-electron chi connectivity index (χ0n) is 16.0. The highest BCUT2D eigenvalue weighted by Gasteiger charge is 2.19. The van der Waals surface area contributed by atoms with Crippen LogP contribution in [0, 0.1) is 0 Å². The van der Waals surface area contributed by atoms with E-state index in [-0.39, 0.29) is 12.5 Å². The summed E-state index contributed by atoms with van der Waals surface area (Å²) in [5.74, 6) is 0.444. The molecule has 1 aliphatic rings. The number of hydrogen-bond acceptors (Lipinski definition) is 6. The Morgan fingerprint density at radius 3 is 2.48 bits per heavy atom. The molecule has 0 unspecified atom stereocenters. The van der Waals surface area contributed by atoms with Gasteiger partial charge in [-0.15, -0.1) is 0 Å². The molecule has 150 valence electrons. The van der Waals surface area contributed by atoms with Crippen LogP contribution in [0.25, 0.3) is 11.3 Å². The molecule has 0 saturated carbocycles. The molecule has 2 aromatic carbocycles. The minimum Gasteiger partial charge on any atom is -0.484 e. The summed E-state index contributed by atoms with van der Waals surface area (Å²) in [6, 6.07) is 19.4. The fourth-order valence-corrected chi connectivity index (χ4v) is 4.16. The Hall–Kier alpha value is -2.74. The maximum Gasteiger partial charge on any atom is 0.264 e. The average Bonchev–Trinajstić information content (AvgIpc) is 3.16. The zero-order valence-corrected chi connectivity index (χ0v) is 16.9. The Bertz CT molecular complexity index is 925. The normalized spacial score (nSPS) is 14.5. The maximum atomic E-state index is 12.3. The molecule has 1 aromatic heterocycles. The standard InChI is InChI=1S/C22H23N3O3S/c26-20(16-28-18-9-5-2-6-10-18)23-22-24-21(17-7-3-1-4-8-17)19(29-22)15-25-11-13-27-14-12-25/h1-10H,11-16H2,(H,23,24,26). The molecular formula is C22H23N3O3S. The van der Waals surface area contributed by atoms with Crippen molar-refractivity contribution in [3.05, 3.63) is 65.5 Å². The molecule has 29 heavy (non-hydrogen) atoms. The molecule has 1 N–H and O–H groups in total. The number of aromatic nitrogens is 1. The van der Waals surface area contributed by atoms with Crippen molar-refractivity contribution >= 4 is 22.4 Å². The van der Waals surface area contributed by atoms with Crippen LogP contribution in [0.15, 0.2) is 60.7 Å². The van der Waals surface area contributed by atoms with Gasteiger partial charge in [0, 0.05) is 30.1 Å². The number of thiazole rings is 1. The number of anilines is 1. The summed E-state index contributed by atoms with van der Waals surface area (Å²) in [4.78, 5) is 20.5. The molecule has 1 fully saturated rings. The number of carbonyl (C=O) groups is 1. The predicted molar refractivity (Wildman–Crippen MR) is 114 cm³/mol. The molecular weight excluding hydrogens is 386 g/mol. The molecule has 1 aliphatic heterocycles. The fourth-order valence-electron chi connectivity index (χ4n) is 3.12. The molecule has 0 aliphatic carbocycles. The highest BCUT2D eigenvalue weighted by molar-refractivity contribution is 7.16. The van der Waals surface area contributed by atoms with Crippen molar-refractivity contribution in [2.45, 2.75) is 6.54 Å². The van der Waals surface area contributed by atoms with Crippen LogP contribution in [0.3, 0.4) is 0 Å². The van der Waals surface area contributed by atoms with Crippen molar-refractivity contribution in [3.63, 3.8) is 0 Å². The lowest BCUT2D eigenvalue weighted by molar-refractivity contribution is -0.118. The summed E-state index contributed by atoms with van der Waals surface area (Å²) in [7, 11) is 0. The Morgan fingerprint density at radius 2 is 1.76 bits per heavy atom. The van der Waals surface area contributed by atoms with Crippen LogP contribution in [0.2, 0.25) is 0 Å². The average molecular weight is 410 g/mol. The Morgan fingerprint density at radius 1 is 1.07 bits per heavy atom. The van der Waals surface area contributed by atoms with E-state index in [9.17, 15) is 4.79 Å². The van der Waals surface area contributed by atoms with Crippen LogP contribution in [-0.2, 0) is 16.1 Å². The second kappa shape index (κ2) is 9.65. The van der Waals surface area contributed by atoms with E-state index in [1.165, 1.54) is 11.3 Å². The van der Waals surface area contributed by atoms with E-state index in [0.29, 0.717) is 10.9 Å². The van der Waals surface area contributed by atoms with Gasteiger partial charge in [-0.25, -0.2) is 4.98 Å². The summed E-state index contributed by atoms with van der Waals surface area (Å²) in [6.45, 7) is 4.04. The Balaban J connectivity index is 1.47. The van der Waals surface area contributed by atoms with E-state index in [4.69, 9.17) is 14.5 Å². The van der Waals surface area contributed by atoms with Crippen molar-refractivity contribution in [2.24, 2.45) is 0 Å². The molecule has 0 bridgehead atoms. The Labute approximate surface area is 174 Å². The van der Waals surface area contributed by atoms with E-state index < -0.39 is 0 Å². The van der Waals surface area contributed by atoms with Gasteiger partial charge in [0.1, 0.15) is 5.75 Å². The molecule has 3 aromatic rings. The molecule has 0 radical (unpaired) electrons. The number of nitrogens with one attached hydrogen (secondary N) is 1. The van der Waals surface area contributed by atoms with E-state index in [1.807, 2.05) is 60.7 Å². The van der Waals surface area contributed by atoms with Gasteiger partial charge < -0.3 is 9.47 Å². The van der Waals surface area contributed by atoms with Gasteiger partial charge in [-0.3, -0.25) is 15.0 Å². The van der Waals surface area contributed by atoms with Gasteiger partial charge in [0.2, 0.25) is 0 Å². The first-order valence-corrected chi connectivity index (χ1v) is 10.4. The molecule has 4 rings (SSSR count). The van der Waals surface area contributed by atoms with Gasteiger partial charge in [-0.2, -0.15) is 0 Å². The monoisotopic (exact) mass is 409 g/mol. The number of morpholine rings is 1. The van der Waals surface area contributed by atoms with Gasteiger partial charge in [0.05, 0.1) is 18.9 Å². The van der Waals surface area contributed by atoms with Crippen molar-refractivity contribution in [3.8, 4) is 17.0 Å². The summed E-state index contributed by atoms with van der Waals surface area (Å²) in [5, 5.41) is 3.47.